The minimum atomic E-state index is 0.195. The van der Waals surface area contributed by atoms with Gasteiger partial charge >= 0.3 is 0 Å². The Bertz CT molecular complexity index is 565. The van der Waals surface area contributed by atoms with E-state index in [0.717, 1.165) is 17.2 Å². The van der Waals surface area contributed by atoms with Gasteiger partial charge in [0.25, 0.3) is 0 Å². The Morgan fingerprint density at radius 2 is 1.90 bits per heavy atom. The minimum absolute atomic E-state index is 0.195. The Labute approximate surface area is 123 Å². The number of hydrogen-bond donors (Lipinski definition) is 3. The van der Waals surface area contributed by atoms with Gasteiger partial charge in [0.2, 0.25) is 0 Å². The lowest BCUT2D eigenvalue weighted by Crippen LogP contribution is -2.16. The summed E-state index contributed by atoms with van der Waals surface area (Å²) >= 11 is 1.69. The van der Waals surface area contributed by atoms with Crippen molar-refractivity contribution in [3.05, 3.63) is 33.8 Å². The smallest absolute Gasteiger partial charge is 0.148 e. The van der Waals surface area contributed by atoms with Crippen LogP contribution in [0.25, 0.3) is 0 Å². The second kappa shape index (κ2) is 6.19. The van der Waals surface area contributed by atoms with E-state index in [1.165, 1.54) is 5.56 Å². The Morgan fingerprint density at radius 1 is 1.20 bits per heavy atom. The van der Waals surface area contributed by atoms with E-state index < -0.39 is 0 Å². The van der Waals surface area contributed by atoms with Crippen molar-refractivity contribution in [2.75, 3.05) is 10.7 Å². The van der Waals surface area contributed by atoms with Crippen molar-refractivity contribution < 1.29 is 0 Å². The fourth-order valence-electron chi connectivity index (χ4n) is 1.88. The highest BCUT2D eigenvalue weighted by molar-refractivity contribution is 7.07. The molecule has 0 fully saturated rings. The molecule has 0 aliphatic rings. The Hall–Kier alpha value is -1.66. The number of hydrogen-bond acceptors (Lipinski definition) is 6. The molecule has 0 bridgehead atoms. The van der Waals surface area contributed by atoms with Crippen LogP contribution in [0.1, 0.15) is 49.7 Å². The van der Waals surface area contributed by atoms with E-state index >= 15 is 0 Å². The Balaban J connectivity index is 2.32. The van der Waals surface area contributed by atoms with Gasteiger partial charge in [0, 0.05) is 11.5 Å². The summed E-state index contributed by atoms with van der Waals surface area (Å²) in [6.45, 7) is 8.21. The average molecular weight is 291 g/mol. The van der Waals surface area contributed by atoms with Crippen molar-refractivity contribution in [3.63, 3.8) is 0 Å². The third kappa shape index (κ3) is 3.08. The van der Waals surface area contributed by atoms with Gasteiger partial charge in [0.1, 0.15) is 17.5 Å². The predicted molar refractivity (Wildman–Crippen MR) is 85.0 cm³/mol. The van der Waals surface area contributed by atoms with Gasteiger partial charge in [0.05, 0.1) is 6.04 Å². The highest BCUT2D eigenvalue weighted by Gasteiger charge is 2.15. The van der Waals surface area contributed by atoms with Crippen LogP contribution in [0.3, 0.4) is 0 Å². The number of nitrogen functional groups attached to an aromatic ring is 1. The molecule has 1 unspecified atom stereocenters. The number of nitrogens with two attached hydrogens (primary N) is 1. The molecule has 0 aliphatic carbocycles. The normalized spacial score (nSPS) is 12.5. The number of rotatable bonds is 5. The molecule has 2 aromatic rings. The Kier molecular flexibility index (Phi) is 4.57. The van der Waals surface area contributed by atoms with Gasteiger partial charge < -0.3 is 10.7 Å². The van der Waals surface area contributed by atoms with Gasteiger partial charge in [0.15, 0.2) is 0 Å². The fourth-order valence-corrected chi connectivity index (χ4v) is 2.64. The van der Waals surface area contributed by atoms with E-state index in [9.17, 15) is 0 Å². The van der Waals surface area contributed by atoms with Crippen molar-refractivity contribution in [2.24, 2.45) is 5.84 Å². The predicted octanol–water partition coefficient (Wildman–Crippen LogP) is 3.43. The summed E-state index contributed by atoms with van der Waals surface area (Å²) in [6, 6.07) is 2.31. The fraction of sp³-hybridized carbons (Fsp3) is 0.429. The SMILES string of the molecule is Cc1c(NN)nc(C(C)C)nc1NC(C)c1ccsc1. The van der Waals surface area contributed by atoms with E-state index in [0.29, 0.717) is 5.82 Å². The van der Waals surface area contributed by atoms with Crippen LogP contribution in [0.2, 0.25) is 0 Å². The number of anilines is 2. The summed E-state index contributed by atoms with van der Waals surface area (Å²) in [5, 5.41) is 7.66. The average Bonchev–Trinajstić information content (AvgIpc) is 2.94. The zero-order chi connectivity index (χ0) is 14.7. The third-order valence-corrected chi connectivity index (χ3v) is 3.91. The van der Waals surface area contributed by atoms with Crippen molar-refractivity contribution in [1.82, 2.24) is 9.97 Å². The largest absolute Gasteiger partial charge is 0.363 e. The maximum atomic E-state index is 5.55. The lowest BCUT2D eigenvalue weighted by Gasteiger charge is -2.18. The maximum absolute atomic E-state index is 5.55. The molecule has 0 saturated heterocycles. The molecule has 0 aliphatic heterocycles. The first kappa shape index (κ1) is 14.7. The van der Waals surface area contributed by atoms with Crippen LogP contribution in [0.4, 0.5) is 11.6 Å². The highest BCUT2D eigenvalue weighted by atomic mass is 32.1. The molecular weight excluding hydrogens is 270 g/mol. The van der Waals surface area contributed by atoms with E-state index in [4.69, 9.17) is 5.84 Å². The first-order valence-electron chi connectivity index (χ1n) is 6.66. The first-order valence-corrected chi connectivity index (χ1v) is 7.61. The molecule has 108 valence electrons. The molecule has 0 amide bonds. The van der Waals surface area contributed by atoms with Gasteiger partial charge in [-0.15, -0.1) is 0 Å². The van der Waals surface area contributed by atoms with Crippen molar-refractivity contribution in [1.29, 1.82) is 0 Å². The topological polar surface area (TPSA) is 75.9 Å². The number of nitrogens with one attached hydrogen (secondary N) is 2. The Morgan fingerprint density at radius 3 is 2.45 bits per heavy atom. The maximum Gasteiger partial charge on any atom is 0.148 e. The molecule has 0 radical (unpaired) electrons. The quantitative estimate of drug-likeness (QED) is 0.581. The van der Waals surface area contributed by atoms with Crippen molar-refractivity contribution in [2.45, 2.75) is 39.7 Å². The van der Waals surface area contributed by atoms with Crippen LogP contribution in [0, 0.1) is 6.92 Å². The summed E-state index contributed by atoms with van der Waals surface area (Å²) in [6.07, 6.45) is 0. The van der Waals surface area contributed by atoms with Gasteiger partial charge in [-0.1, -0.05) is 13.8 Å². The molecule has 0 aromatic carbocycles. The van der Waals surface area contributed by atoms with E-state index in [1.54, 1.807) is 11.3 Å². The van der Waals surface area contributed by atoms with Gasteiger partial charge in [-0.3, -0.25) is 0 Å². The lowest BCUT2D eigenvalue weighted by atomic mass is 10.1. The van der Waals surface area contributed by atoms with Crippen LogP contribution >= 0.6 is 11.3 Å². The summed E-state index contributed by atoms with van der Waals surface area (Å²) < 4.78 is 0. The minimum Gasteiger partial charge on any atom is -0.363 e. The molecule has 20 heavy (non-hydrogen) atoms. The van der Waals surface area contributed by atoms with Gasteiger partial charge in [-0.2, -0.15) is 11.3 Å². The molecule has 0 saturated carbocycles. The number of nitrogens with zero attached hydrogens (tertiary/aromatic N) is 2. The lowest BCUT2D eigenvalue weighted by molar-refractivity contribution is 0.766. The number of aromatic nitrogens is 2. The van der Waals surface area contributed by atoms with Crippen LogP contribution in [-0.4, -0.2) is 9.97 Å². The summed E-state index contributed by atoms with van der Waals surface area (Å²) in [5.74, 6) is 8.08. The third-order valence-electron chi connectivity index (χ3n) is 3.21. The molecular formula is C14H21N5S. The molecule has 0 spiro atoms. The molecule has 2 heterocycles. The van der Waals surface area contributed by atoms with Crippen molar-refractivity contribution in [3.8, 4) is 0 Å². The molecule has 1 atom stereocenters. The van der Waals surface area contributed by atoms with E-state index in [2.05, 4.69) is 58.3 Å². The molecule has 2 aromatic heterocycles. The standard InChI is InChI=1S/C14H21N5S/c1-8(2)12-17-13(9(3)14(18-12)19-15)16-10(4)11-5-6-20-7-11/h5-8,10H,15H2,1-4H3,(H2,16,17,18,19). The van der Waals surface area contributed by atoms with E-state index in [1.807, 2.05) is 6.92 Å². The number of thiophene rings is 1. The van der Waals surface area contributed by atoms with Crippen LogP contribution < -0.4 is 16.6 Å². The molecule has 5 nitrogen and oxygen atoms in total. The van der Waals surface area contributed by atoms with Gasteiger partial charge in [-0.25, -0.2) is 15.8 Å². The van der Waals surface area contributed by atoms with Crippen molar-refractivity contribution >= 4 is 23.0 Å². The zero-order valence-corrected chi connectivity index (χ0v) is 13.1. The van der Waals surface area contributed by atoms with Crippen LogP contribution in [0.5, 0.6) is 0 Å². The molecule has 4 N–H and O–H groups in total. The zero-order valence-electron chi connectivity index (χ0n) is 12.3. The summed E-state index contributed by atoms with van der Waals surface area (Å²) in [4.78, 5) is 9.05. The van der Waals surface area contributed by atoms with Crippen LogP contribution in [-0.2, 0) is 0 Å². The second-order valence-corrected chi connectivity index (χ2v) is 5.91. The monoisotopic (exact) mass is 291 g/mol. The highest BCUT2D eigenvalue weighted by Crippen LogP contribution is 2.26. The van der Waals surface area contributed by atoms with Crippen LogP contribution in [0.15, 0.2) is 16.8 Å². The van der Waals surface area contributed by atoms with Gasteiger partial charge in [-0.05, 0) is 36.2 Å². The summed E-state index contributed by atoms with van der Waals surface area (Å²) in [7, 11) is 0. The summed E-state index contributed by atoms with van der Waals surface area (Å²) in [5.41, 5.74) is 4.83. The second-order valence-electron chi connectivity index (χ2n) is 5.13. The van der Waals surface area contributed by atoms with E-state index in [-0.39, 0.29) is 12.0 Å². The first-order chi connectivity index (χ1) is 9.52. The number of hydrazine groups is 1. The molecule has 2 rings (SSSR count). The molecule has 6 heteroatoms.